The molecule has 2 saturated heterocycles. The number of carboxylic acid groups (broad SMARTS) is 1. The Bertz CT molecular complexity index is 717. The molecule has 0 unspecified atom stereocenters. The van der Waals surface area contributed by atoms with Gasteiger partial charge in [-0.15, -0.1) is 11.3 Å². The third-order valence-corrected chi connectivity index (χ3v) is 5.91. The monoisotopic (exact) mass is 362 g/mol. The average molecular weight is 362 g/mol. The zero-order valence-electron chi connectivity index (χ0n) is 13.9. The van der Waals surface area contributed by atoms with Crippen LogP contribution in [0, 0.1) is 5.92 Å². The van der Waals surface area contributed by atoms with Gasteiger partial charge in [-0.25, -0.2) is 0 Å². The highest BCUT2D eigenvalue weighted by molar-refractivity contribution is 7.15. The number of thiophene rings is 1. The Morgan fingerprint density at radius 3 is 3.04 bits per heavy atom. The Hall–Kier alpha value is -1.74. The van der Waals surface area contributed by atoms with Crippen LogP contribution in [0.4, 0.5) is 0 Å². The summed E-state index contributed by atoms with van der Waals surface area (Å²) in [7, 11) is 0. The fourth-order valence-electron chi connectivity index (χ4n) is 3.74. The van der Waals surface area contributed by atoms with E-state index in [1.54, 1.807) is 17.5 Å². The van der Waals surface area contributed by atoms with Crippen LogP contribution in [-0.4, -0.2) is 76.5 Å². The second kappa shape index (κ2) is 7.25. The van der Waals surface area contributed by atoms with Gasteiger partial charge in [-0.3, -0.25) is 19.7 Å². The van der Waals surface area contributed by atoms with Gasteiger partial charge in [0.25, 0.3) is 0 Å². The highest BCUT2D eigenvalue weighted by atomic mass is 32.1. The third kappa shape index (κ3) is 3.92. The van der Waals surface area contributed by atoms with E-state index in [9.17, 15) is 4.79 Å². The predicted octanol–water partition coefficient (Wildman–Crippen LogP) is 1.36. The number of ether oxygens (including phenoxy) is 1. The molecular weight excluding hydrogens is 340 g/mol. The van der Waals surface area contributed by atoms with E-state index in [1.807, 2.05) is 6.07 Å². The molecule has 7 nitrogen and oxygen atoms in total. The maximum absolute atomic E-state index is 11.1. The molecule has 4 heterocycles. The maximum Gasteiger partial charge on any atom is 0.317 e. The van der Waals surface area contributed by atoms with Crippen LogP contribution in [0.25, 0.3) is 10.6 Å². The van der Waals surface area contributed by atoms with E-state index in [0.717, 1.165) is 31.9 Å². The van der Waals surface area contributed by atoms with Crippen LogP contribution >= 0.6 is 11.3 Å². The fourth-order valence-corrected chi connectivity index (χ4v) is 4.75. The Kier molecular flexibility index (Phi) is 4.85. The summed E-state index contributed by atoms with van der Waals surface area (Å²) in [5.41, 5.74) is 1.04. The Balaban J connectivity index is 1.47. The normalized spacial score (nSPS) is 25.0. The molecule has 134 valence electrons. The largest absolute Gasteiger partial charge is 0.480 e. The number of hydrogen-bond donors (Lipinski definition) is 2. The molecule has 2 fully saturated rings. The molecular formula is C17H22N4O3S. The molecule has 0 aliphatic carbocycles. The number of nitrogens with one attached hydrogen (secondary N) is 1. The molecule has 2 bridgehead atoms. The molecule has 25 heavy (non-hydrogen) atoms. The number of H-pyrrole nitrogens is 1. The summed E-state index contributed by atoms with van der Waals surface area (Å²) >= 11 is 1.78. The van der Waals surface area contributed by atoms with Gasteiger partial charge in [0.1, 0.15) is 0 Å². The number of carbonyl (C=O) groups is 1. The van der Waals surface area contributed by atoms with Gasteiger partial charge in [0.05, 0.1) is 30.3 Å². The lowest BCUT2D eigenvalue weighted by molar-refractivity contribution is -0.138. The van der Waals surface area contributed by atoms with Gasteiger partial charge in [0.2, 0.25) is 0 Å². The van der Waals surface area contributed by atoms with E-state index in [2.05, 4.69) is 32.1 Å². The van der Waals surface area contributed by atoms with E-state index in [1.165, 1.54) is 9.75 Å². The summed E-state index contributed by atoms with van der Waals surface area (Å²) < 4.78 is 5.82. The lowest BCUT2D eigenvalue weighted by Crippen LogP contribution is -2.44. The molecule has 2 aliphatic heterocycles. The van der Waals surface area contributed by atoms with E-state index in [-0.39, 0.29) is 12.6 Å². The minimum atomic E-state index is -0.755. The first kappa shape index (κ1) is 16.7. The minimum Gasteiger partial charge on any atom is -0.480 e. The standard InChI is InChI=1S/C17H22N4O3S/c22-17(23)9-20-5-12-6-21(13(7-20)11-24-10-12)8-14-1-2-16(25-14)15-3-4-18-19-15/h1-4,12-13H,5-11H2,(H,18,19)(H,22,23)/t12-,13-/m0/s1. The van der Waals surface area contributed by atoms with Crippen LogP contribution in [0.1, 0.15) is 4.88 Å². The van der Waals surface area contributed by atoms with Crippen LogP contribution in [0.15, 0.2) is 24.4 Å². The van der Waals surface area contributed by atoms with Crippen molar-refractivity contribution in [1.29, 1.82) is 0 Å². The zero-order valence-corrected chi connectivity index (χ0v) is 14.7. The summed E-state index contributed by atoms with van der Waals surface area (Å²) in [6, 6.07) is 6.52. The number of nitrogens with zero attached hydrogens (tertiary/aromatic N) is 3. The summed E-state index contributed by atoms with van der Waals surface area (Å²) in [5.74, 6) is -0.395. The van der Waals surface area contributed by atoms with Gasteiger partial charge < -0.3 is 9.84 Å². The molecule has 0 radical (unpaired) electrons. The number of aromatic nitrogens is 2. The van der Waals surface area contributed by atoms with Gasteiger partial charge >= 0.3 is 5.97 Å². The summed E-state index contributed by atoms with van der Waals surface area (Å²) in [6.45, 7) is 4.88. The highest BCUT2D eigenvalue weighted by Gasteiger charge is 2.34. The topological polar surface area (TPSA) is 81.7 Å². The van der Waals surface area contributed by atoms with Crippen molar-refractivity contribution in [3.05, 3.63) is 29.3 Å². The molecule has 0 amide bonds. The molecule has 2 aliphatic rings. The fraction of sp³-hybridized carbons (Fsp3) is 0.529. The lowest BCUT2D eigenvalue weighted by atomic mass is 10.1. The molecule has 2 N–H and O–H groups in total. The first-order valence-electron chi connectivity index (χ1n) is 8.52. The van der Waals surface area contributed by atoms with Crippen molar-refractivity contribution in [3.8, 4) is 10.6 Å². The van der Waals surface area contributed by atoms with E-state index in [0.29, 0.717) is 19.1 Å². The molecule has 2 aromatic heterocycles. The van der Waals surface area contributed by atoms with E-state index in [4.69, 9.17) is 9.84 Å². The number of fused-ring (bicyclic) bond motifs is 3. The number of hydrogen-bond acceptors (Lipinski definition) is 6. The van der Waals surface area contributed by atoms with Crippen molar-refractivity contribution >= 4 is 17.3 Å². The highest BCUT2D eigenvalue weighted by Crippen LogP contribution is 2.29. The minimum absolute atomic E-state index is 0.115. The van der Waals surface area contributed by atoms with Crippen molar-refractivity contribution in [1.82, 2.24) is 20.0 Å². The molecule has 8 heteroatoms. The van der Waals surface area contributed by atoms with Crippen molar-refractivity contribution < 1.29 is 14.6 Å². The summed E-state index contributed by atoms with van der Waals surface area (Å²) in [5, 5.41) is 16.1. The number of carboxylic acids is 1. The number of rotatable bonds is 5. The summed E-state index contributed by atoms with van der Waals surface area (Å²) in [6.07, 6.45) is 1.76. The zero-order chi connectivity index (χ0) is 17.2. The van der Waals surface area contributed by atoms with Crippen LogP contribution in [0.3, 0.4) is 0 Å². The lowest BCUT2D eigenvalue weighted by Gasteiger charge is -2.30. The first-order chi connectivity index (χ1) is 12.2. The Morgan fingerprint density at radius 1 is 1.32 bits per heavy atom. The van der Waals surface area contributed by atoms with E-state index < -0.39 is 5.97 Å². The van der Waals surface area contributed by atoms with Crippen molar-refractivity contribution in [2.45, 2.75) is 12.6 Å². The van der Waals surface area contributed by atoms with Gasteiger partial charge in [-0.1, -0.05) is 0 Å². The quantitative estimate of drug-likeness (QED) is 0.836. The van der Waals surface area contributed by atoms with Crippen LogP contribution in [0.2, 0.25) is 0 Å². The van der Waals surface area contributed by atoms with Crippen LogP contribution in [0.5, 0.6) is 0 Å². The SMILES string of the molecule is O=C(O)CN1C[C@@H]2COC[C@H](C1)N(Cc1ccc(-c3ccn[nH]3)s1)C2. The molecule has 4 rings (SSSR count). The Morgan fingerprint density at radius 2 is 2.24 bits per heavy atom. The smallest absolute Gasteiger partial charge is 0.317 e. The molecule has 0 saturated carbocycles. The number of aliphatic carboxylic acids is 1. The number of aromatic amines is 1. The molecule has 0 spiro atoms. The van der Waals surface area contributed by atoms with Gasteiger partial charge in [0, 0.05) is 49.2 Å². The van der Waals surface area contributed by atoms with Crippen molar-refractivity contribution in [3.63, 3.8) is 0 Å². The average Bonchev–Trinajstić information content (AvgIpc) is 3.15. The van der Waals surface area contributed by atoms with Crippen LogP contribution in [-0.2, 0) is 16.1 Å². The molecule has 2 atom stereocenters. The van der Waals surface area contributed by atoms with E-state index >= 15 is 0 Å². The predicted molar refractivity (Wildman–Crippen MR) is 94.5 cm³/mol. The van der Waals surface area contributed by atoms with Crippen molar-refractivity contribution in [2.24, 2.45) is 5.92 Å². The van der Waals surface area contributed by atoms with Crippen LogP contribution < -0.4 is 0 Å². The second-order valence-electron chi connectivity index (χ2n) is 6.81. The van der Waals surface area contributed by atoms with Gasteiger partial charge in [-0.05, 0) is 18.2 Å². The third-order valence-electron chi connectivity index (χ3n) is 4.80. The Labute approximate surface area is 150 Å². The molecule has 0 aromatic carbocycles. The second-order valence-corrected chi connectivity index (χ2v) is 7.98. The molecule has 2 aromatic rings. The van der Waals surface area contributed by atoms with Gasteiger partial charge in [0.15, 0.2) is 0 Å². The summed E-state index contributed by atoms with van der Waals surface area (Å²) in [4.78, 5) is 18.1. The first-order valence-corrected chi connectivity index (χ1v) is 9.33. The van der Waals surface area contributed by atoms with Gasteiger partial charge in [-0.2, -0.15) is 5.10 Å². The van der Waals surface area contributed by atoms with Crippen molar-refractivity contribution in [2.75, 3.05) is 39.4 Å². The maximum atomic E-state index is 11.1.